The molecule has 27 heavy (non-hydrogen) atoms. The van der Waals surface area contributed by atoms with E-state index in [1.54, 1.807) is 0 Å². The molecule has 0 unspecified atom stereocenters. The molecule has 2 saturated heterocycles. The van der Waals surface area contributed by atoms with Gasteiger partial charge in [0.05, 0.1) is 0 Å². The van der Waals surface area contributed by atoms with Gasteiger partial charge in [-0.1, -0.05) is 28.1 Å². The summed E-state index contributed by atoms with van der Waals surface area (Å²) in [6.07, 6.45) is 1.76. The van der Waals surface area contributed by atoms with Crippen molar-refractivity contribution in [2.45, 2.75) is 19.4 Å². The number of halogens is 1. The van der Waals surface area contributed by atoms with E-state index in [4.69, 9.17) is 4.74 Å². The summed E-state index contributed by atoms with van der Waals surface area (Å²) in [7, 11) is 0. The van der Waals surface area contributed by atoms with Gasteiger partial charge in [0, 0.05) is 66.1 Å². The molecular formula is C21H25BrN2O2S. The number of carbonyl (C=O) groups is 1. The molecule has 0 bridgehead atoms. The number of ether oxygens (including phenoxy) is 1. The number of hydrogen-bond donors (Lipinski definition) is 0. The zero-order chi connectivity index (χ0) is 18.6. The molecule has 144 valence electrons. The molecule has 1 aromatic carbocycles. The van der Waals surface area contributed by atoms with Gasteiger partial charge in [-0.15, -0.1) is 11.3 Å². The van der Waals surface area contributed by atoms with Gasteiger partial charge in [-0.05, 0) is 42.7 Å². The van der Waals surface area contributed by atoms with Crippen LogP contribution in [0.5, 0.6) is 0 Å². The minimum atomic E-state index is 0.177. The normalized spacial score (nSPS) is 19.4. The van der Waals surface area contributed by atoms with Crippen molar-refractivity contribution in [1.29, 1.82) is 0 Å². The summed E-state index contributed by atoms with van der Waals surface area (Å²) in [5.41, 5.74) is 1.27. The summed E-state index contributed by atoms with van der Waals surface area (Å²) in [4.78, 5) is 19.9. The van der Waals surface area contributed by atoms with E-state index in [1.165, 1.54) is 15.3 Å². The standard InChI is InChI=1S/C21H25BrN2O2S/c22-18-3-1-16(2-4-18)20-6-5-19(27-20)15-23-9-11-24(12-10-23)21(25)17-7-13-26-14-8-17/h1-6,17H,7-15H2. The molecule has 0 atom stereocenters. The molecule has 2 fully saturated rings. The molecule has 0 saturated carbocycles. The predicted molar refractivity (Wildman–Crippen MR) is 113 cm³/mol. The first-order chi connectivity index (χ1) is 13.2. The minimum absolute atomic E-state index is 0.177. The fourth-order valence-corrected chi connectivity index (χ4v) is 5.10. The van der Waals surface area contributed by atoms with Gasteiger partial charge in [0.25, 0.3) is 0 Å². The molecule has 4 rings (SSSR count). The molecular weight excluding hydrogens is 424 g/mol. The first kappa shape index (κ1) is 19.1. The van der Waals surface area contributed by atoms with E-state index in [1.807, 2.05) is 11.3 Å². The average Bonchev–Trinajstić information content (AvgIpc) is 3.18. The number of piperazine rings is 1. The fraction of sp³-hybridized carbons (Fsp3) is 0.476. The van der Waals surface area contributed by atoms with Crippen LogP contribution in [-0.2, 0) is 16.1 Å². The lowest BCUT2D eigenvalue weighted by Crippen LogP contribution is -2.50. The van der Waals surface area contributed by atoms with Crippen molar-refractivity contribution < 1.29 is 9.53 Å². The highest BCUT2D eigenvalue weighted by Crippen LogP contribution is 2.30. The lowest BCUT2D eigenvalue weighted by atomic mass is 9.98. The number of carbonyl (C=O) groups excluding carboxylic acids is 1. The van der Waals surface area contributed by atoms with Gasteiger partial charge < -0.3 is 9.64 Å². The molecule has 0 radical (unpaired) electrons. The van der Waals surface area contributed by atoms with Gasteiger partial charge in [0.2, 0.25) is 5.91 Å². The monoisotopic (exact) mass is 448 g/mol. The summed E-state index contributed by atoms with van der Waals surface area (Å²) in [6, 6.07) is 12.9. The van der Waals surface area contributed by atoms with Crippen LogP contribution in [0.25, 0.3) is 10.4 Å². The van der Waals surface area contributed by atoms with Crippen molar-refractivity contribution in [2.75, 3.05) is 39.4 Å². The molecule has 4 nitrogen and oxygen atoms in total. The summed E-state index contributed by atoms with van der Waals surface area (Å²) in [5, 5.41) is 0. The van der Waals surface area contributed by atoms with E-state index in [0.717, 1.165) is 63.3 Å². The second-order valence-electron chi connectivity index (χ2n) is 7.26. The highest BCUT2D eigenvalue weighted by atomic mass is 79.9. The molecule has 6 heteroatoms. The van der Waals surface area contributed by atoms with E-state index >= 15 is 0 Å². The number of amides is 1. The van der Waals surface area contributed by atoms with Gasteiger partial charge in [-0.25, -0.2) is 0 Å². The second kappa shape index (κ2) is 8.86. The second-order valence-corrected chi connectivity index (χ2v) is 9.34. The Bertz CT molecular complexity index is 763. The first-order valence-electron chi connectivity index (χ1n) is 9.62. The lowest BCUT2D eigenvalue weighted by Gasteiger charge is -2.37. The summed E-state index contributed by atoms with van der Waals surface area (Å²) < 4.78 is 6.49. The van der Waals surface area contributed by atoms with Crippen LogP contribution in [0.3, 0.4) is 0 Å². The van der Waals surface area contributed by atoms with Crippen LogP contribution >= 0.6 is 27.3 Å². The molecule has 1 aromatic heterocycles. The number of rotatable bonds is 4. The predicted octanol–water partition coefficient (Wildman–Crippen LogP) is 4.25. The van der Waals surface area contributed by atoms with E-state index in [9.17, 15) is 4.79 Å². The Morgan fingerprint density at radius 1 is 1.04 bits per heavy atom. The Balaban J connectivity index is 1.29. The molecule has 2 aliphatic heterocycles. The fourth-order valence-electron chi connectivity index (χ4n) is 3.78. The Morgan fingerprint density at radius 3 is 2.44 bits per heavy atom. The number of nitrogens with zero attached hydrogens (tertiary/aromatic N) is 2. The maximum Gasteiger partial charge on any atom is 0.225 e. The van der Waals surface area contributed by atoms with Crippen molar-refractivity contribution in [2.24, 2.45) is 5.92 Å². The first-order valence-corrected chi connectivity index (χ1v) is 11.2. The highest BCUT2D eigenvalue weighted by molar-refractivity contribution is 9.10. The molecule has 2 aromatic rings. The Hall–Kier alpha value is -1.21. The van der Waals surface area contributed by atoms with Crippen LogP contribution in [0.1, 0.15) is 17.7 Å². The quantitative estimate of drug-likeness (QED) is 0.700. The minimum Gasteiger partial charge on any atom is -0.381 e. The lowest BCUT2D eigenvalue weighted by molar-refractivity contribution is -0.140. The number of benzene rings is 1. The van der Waals surface area contributed by atoms with Crippen LogP contribution in [-0.4, -0.2) is 55.1 Å². The Kier molecular flexibility index (Phi) is 6.28. The molecule has 0 N–H and O–H groups in total. The highest BCUT2D eigenvalue weighted by Gasteiger charge is 2.28. The van der Waals surface area contributed by atoms with Crippen LogP contribution in [0.2, 0.25) is 0 Å². The van der Waals surface area contributed by atoms with Gasteiger partial charge in [0.1, 0.15) is 0 Å². The van der Waals surface area contributed by atoms with Gasteiger partial charge in [-0.3, -0.25) is 9.69 Å². The molecule has 1 amide bonds. The number of thiophene rings is 1. The zero-order valence-electron chi connectivity index (χ0n) is 15.4. The van der Waals surface area contributed by atoms with Gasteiger partial charge in [-0.2, -0.15) is 0 Å². The Labute approximate surface area is 173 Å². The van der Waals surface area contributed by atoms with E-state index < -0.39 is 0 Å². The summed E-state index contributed by atoms with van der Waals surface area (Å²) >= 11 is 5.36. The van der Waals surface area contributed by atoms with Crippen molar-refractivity contribution >= 4 is 33.2 Å². The molecule has 0 aliphatic carbocycles. The Morgan fingerprint density at radius 2 is 1.74 bits per heavy atom. The van der Waals surface area contributed by atoms with Crippen molar-refractivity contribution in [3.63, 3.8) is 0 Å². The zero-order valence-corrected chi connectivity index (χ0v) is 17.8. The third-order valence-electron chi connectivity index (χ3n) is 5.42. The third-order valence-corrected chi connectivity index (χ3v) is 7.07. The van der Waals surface area contributed by atoms with Gasteiger partial charge >= 0.3 is 0 Å². The number of hydrogen-bond acceptors (Lipinski definition) is 4. The van der Waals surface area contributed by atoms with E-state index in [-0.39, 0.29) is 5.92 Å². The topological polar surface area (TPSA) is 32.8 Å². The average molecular weight is 449 g/mol. The molecule has 2 aliphatic rings. The van der Waals surface area contributed by atoms with Crippen molar-refractivity contribution in [1.82, 2.24) is 9.80 Å². The van der Waals surface area contributed by atoms with E-state index in [2.05, 4.69) is 62.1 Å². The van der Waals surface area contributed by atoms with Gasteiger partial charge in [0.15, 0.2) is 0 Å². The maximum atomic E-state index is 12.7. The molecule has 3 heterocycles. The summed E-state index contributed by atoms with van der Waals surface area (Å²) in [6.45, 7) is 6.05. The van der Waals surface area contributed by atoms with Crippen LogP contribution in [0.4, 0.5) is 0 Å². The smallest absolute Gasteiger partial charge is 0.225 e. The van der Waals surface area contributed by atoms with E-state index in [0.29, 0.717) is 5.91 Å². The summed E-state index contributed by atoms with van der Waals surface area (Å²) in [5.74, 6) is 0.516. The van der Waals surface area contributed by atoms with Crippen LogP contribution in [0.15, 0.2) is 40.9 Å². The van der Waals surface area contributed by atoms with Crippen LogP contribution < -0.4 is 0 Å². The SMILES string of the molecule is O=C(C1CCOCC1)N1CCN(Cc2ccc(-c3ccc(Br)cc3)s2)CC1. The van der Waals surface area contributed by atoms with Crippen molar-refractivity contribution in [3.8, 4) is 10.4 Å². The van der Waals surface area contributed by atoms with Crippen LogP contribution in [0, 0.1) is 5.92 Å². The molecule has 0 spiro atoms. The maximum absolute atomic E-state index is 12.7. The largest absolute Gasteiger partial charge is 0.381 e. The third kappa shape index (κ3) is 4.80. The van der Waals surface area contributed by atoms with Crippen molar-refractivity contribution in [3.05, 3.63) is 45.7 Å².